The van der Waals surface area contributed by atoms with Gasteiger partial charge in [0.15, 0.2) is 0 Å². The van der Waals surface area contributed by atoms with Crippen molar-refractivity contribution in [1.82, 2.24) is 10.3 Å². The second-order valence-electron chi connectivity index (χ2n) is 6.52. The lowest BCUT2D eigenvalue weighted by atomic mass is 9.70. The Morgan fingerprint density at radius 2 is 2.22 bits per heavy atom. The van der Waals surface area contributed by atoms with Gasteiger partial charge in [-0.25, -0.2) is 0 Å². The maximum Gasteiger partial charge on any atom is 0.0416 e. The summed E-state index contributed by atoms with van der Waals surface area (Å²) in [5, 5.41) is 3.72. The van der Waals surface area contributed by atoms with E-state index >= 15 is 0 Å². The third kappa shape index (κ3) is 3.81. The van der Waals surface area contributed by atoms with Crippen molar-refractivity contribution in [1.29, 1.82) is 0 Å². The molecule has 1 saturated carbocycles. The summed E-state index contributed by atoms with van der Waals surface area (Å²) in [5.41, 5.74) is 1.73. The van der Waals surface area contributed by atoms with Crippen LogP contribution in [0.3, 0.4) is 0 Å². The Kier molecular flexibility index (Phi) is 4.39. The summed E-state index contributed by atoms with van der Waals surface area (Å²) in [4.78, 5) is 4.36. The Hall–Kier alpha value is -0.890. The minimum atomic E-state index is 0.540. The van der Waals surface area contributed by atoms with E-state index in [1.807, 2.05) is 12.3 Å². The van der Waals surface area contributed by atoms with E-state index in [1.165, 1.54) is 25.0 Å². The third-order valence-corrected chi connectivity index (χ3v) is 4.21. The van der Waals surface area contributed by atoms with Gasteiger partial charge in [0.05, 0.1) is 0 Å². The molecule has 2 atom stereocenters. The zero-order valence-electron chi connectivity index (χ0n) is 11.9. The second-order valence-corrected chi connectivity index (χ2v) is 6.52. The molecule has 2 heteroatoms. The van der Waals surface area contributed by atoms with Crippen molar-refractivity contribution in [3.63, 3.8) is 0 Å². The quantitative estimate of drug-likeness (QED) is 0.880. The van der Waals surface area contributed by atoms with E-state index in [1.54, 1.807) is 0 Å². The molecule has 0 spiro atoms. The molecule has 1 heterocycles. The Labute approximate surface area is 111 Å². The molecule has 2 unspecified atom stereocenters. The molecular weight excluding hydrogens is 220 g/mol. The first-order valence-corrected chi connectivity index (χ1v) is 7.20. The van der Waals surface area contributed by atoms with Crippen LogP contribution in [0.1, 0.15) is 45.7 Å². The van der Waals surface area contributed by atoms with Crippen molar-refractivity contribution >= 4 is 0 Å². The summed E-state index contributed by atoms with van der Waals surface area (Å²) in [6, 6.07) is 6.84. The fourth-order valence-corrected chi connectivity index (χ4v) is 3.18. The molecule has 1 aromatic heterocycles. The van der Waals surface area contributed by atoms with Crippen molar-refractivity contribution in [2.45, 2.75) is 52.5 Å². The highest BCUT2D eigenvalue weighted by atomic mass is 14.9. The first-order chi connectivity index (χ1) is 8.57. The summed E-state index contributed by atoms with van der Waals surface area (Å²) in [7, 11) is 0. The van der Waals surface area contributed by atoms with Crippen LogP contribution in [0.2, 0.25) is 0 Å². The van der Waals surface area contributed by atoms with Crippen LogP contribution in [-0.4, -0.2) is 17.6 Å². The monoisotopic (exact) mass is 246 g/mol. The van der Waals surface area contributed by atoms with Gasteiger partial charge in [-0.05, 0) is 42.7 Å². The van der Waals surface area contributed by atoms with Crippen LogP contribution in [0.4, 0.5) is 0 Å². The molecular formula is C16H26N2. The van der Waals surface area contributed by atoms with Gasteiger partial charge in [0, 0.05) is 30.9 Å². The van der Waals surface area contributed by atoms with Crippen molar-refractivity contribution in [3.05, 3.63) is 30.1 Å². The highest BCUT2D eigenvalue weighted by molar-refractivity contribution is 5.03. The van der Waals surface area contributed by atoms with Crippen molar-refractivity contribution in [2.75, 3.05) is 6.54 Å². The number of nitrogens with zero attached hydrogens (tertiary/aromatic N) is 1. The fourth-order valence-electron chi connectivity index (χ4n) is 3.18. The van der Waals surface area contributed by atoms with Gasteiger partial charge in [-0.2, -0.15) is 0 Å². The lowest BCUT2D eigenvalue weighted by Gasteiger charge is -2.39. The normalized spacial score (nSPS) is 27.1. The summed E-state index contributed by atoms with van der Waals surface area (Å²) in [6.45, 7) is 8.23. The predicted molar refractivity (Wildman–Crippen MR) is 76.5 cm³/mol. The molecule has 1 aliphatic rings. The molecule has 1 fully saturated rings. The zero-order valence-corrected chi connectivity index (χ0v) is 11.9. The molecule has 100 valence electrons. The number of pyridine rings is 1. The van der Waals surface area contributed by atoms with Gasteiger partial charge in [-0.1, -0.05) is 26.8 Å². The average molecular weight is 246 g/mol. The van der Waals surface area contributed by atoms with Crippen LogP contribution < -0.4 is 5.32 Å². The van der Waals surface area contributed by atoms with Crippen LogP contribution in [-0.2, 0) is 6.42 Å². The Bertz CT molecular complexity index is 359. The predicted octanol–water partition coefficient (Wildman–Crippen LogP) is 3.43. The molecule has 0 aromatic carbocycles. The summed E-state index contributed by atoms with van der Waals surface area (Å²) < 4.78 is 0. The van der Waals surface area contributed by atoms with Gasteiger partial charge in [0.25, 0.3) is 0 Å². The molecule has 0 saturated heterocycles. The minimum Gasteiger partial charge on any atom is -0.313 e. The van der Waals surface area contributed by atoms with Crippen LogP contribution in [0.5, 0.6) is 0 Å². The SMILES string of the molecule is CC1CC(C)(C)CCC1NCCc1ccccn1. The average Bonchev–Trinajstić information content (AvgIpc) is 2.33. The number of rotatable bonds is 4. The molecule has 0 amide bonds. The molecule has 18 heavy (non-hydrogen) atoms. The molecule has 1 N–H and O–H groups in total. The summed E-state index contributed by atoms with van der Waals surface area (Å²) in [6.07, 6.45) is 6.91. The first kappa shape index (κ1) is 13.5. The lowest BCUT2D eigenvalue weighted by Crippen LogP contribution is -2.42. The Morgan fingerprint density at radius 3 is 2.89 bits per heavy atom. The van der Waals surface area contributed by atoms with E-state index in [4.69, 9.17) is 0 Å². The van der Waals surface area contributed by atoms with Gasteiger partial charge < -0.3 is 5.32 Å². The maximum absolute atomic E-state index is 4.36. The Balaban J connectivity index is 1.74. The number of nitrogens with one attached hydrogen (secondary N) is 1. The molecule has 0 aliphatic heterocycles. The van der Waals surface area contributed by atoms with Gasteiger partial charge in [0.2, 0.25) is 0 Å². The lowest BCUT2D eigenvalue weighted by molar-refractivity contribution is 0.149. The second kappa shape index (κ2) is 5.83. The molecule has 0 bridgehead atoms. The van der Waals surface area contributed by atoms with Crippen LogP contribution in [0, 0.1) is 11.3 Å². The van der Waals surface area contributed by atoms with Gasteiger partial charge in [-0.15, -0.1) is 0 Å². The molecule has 2 rings (SSSR count). The van der Waals surface area contributed by atoms with E-state index in [9.17, 15) is 0 Å². The molecule has 0 radical (unpaired) electrons. The van der Waals surface area contributed by atoms with Gasteiger partial charge in [0.1, 0.15) is 0 Å². The van der Waals surface area contributed by atoms with Gasteiger partial charge >= 0.3 is 0 Å². The number of aromatic nitrogens is 1. The fraction of sp³-hybridized carbons (Fsp3) is 0.688. The number of hydrogen-bond acceptors (Lipinski definition) is 2. The molecule has 1 aliphatic carbocycles. The van der Waals surface area contributed by atoms with Crippen molar-refractivity contribution < 1.29 is 0 Å². The number of hydrogen-bond donors (Lipinski definition) is 1. The standard InChI is InChI=1S/C16H26N2/c1-13-12-16(2,3)9-7-15(13)18-11-8-14-6-4-5-10-17-14/h4-6,10,13,15,18H,7-9,11-12H2,1-3H3. The molecule has 2 nitrogen and oxygen atoms in total. The minimum absolute atomic E-state index is 0.540. The topological polar surface area (TPSA) is 24.9 Å². The maximum atomic E-state index is 4.36. The highest BCUT2D eigenvalue weighted by Crippen LogP contribution is 2.38. The molecule has 1 aromatic rings. The van der Waals surface area contributed by atoms with E-state index in [0.717, 1.165) is 18.9 Å². The first-order valence-electron chi connectivity index (χ1n) is 7.20. The van der Waals surface area contributed by atoms with E-state index in [0.29, 0.717) is 11.5 Å². The largest absolute Gasteiger partial charge is 0.313 e. The van der Waals surface area contributed by atoms with Crippen LogP contribution in [0.25, 0.3) is 0 Å². The van der Waals surface area contributed by atoms with E-state index in [-0.39, 0.29) is 0 Å². The highest BCUT2D eigenvalue weighted by Gasteiger charge is 2.31. The smallest absolute Gasteiger partial charge is 0.0416 e. The Morgan fingerprint density at radius 1 is 1.39 bits per heavy atom. The van der Waals surface area contributed by atoms with Crippen molar-refractivity contribution in [3.8, 4) is 0 Å². The van der Waals surface area contributed by atoms with Gasteiger partial charge in [-0.3, -0.25) is 4.98 Å². The zero-order chi connectivity index (χ0) is 13.0. The third-order valence-electron chi connectivity index (χ3n) is 4.21. The summed E-state index contributed by atoms with van der Waals surface area (Å²) >= 11 is 0. The van der Waals surface area contributed by atoms with Crippen molar-refractivity contribution in [2.24, 2.45) is 11.3 Å². The van der Waals surface area contributed by atoms with Crippen LogP contribution >= 0.6 is 0 Å². The van der Waals surface area contributed by atoms with Crippen LogP contribution in [0.15, 0.2) is 24.4 Å². The summed E-state index contributed by atoms with van der Waals surface area (Å²) in [5.74, 6) is 0.789. The van der Waals surface area contributed by atoms with E-state index < -0.39 is 0 Å². The van der Waals surface area contributed by atoms with E-state index in [2.05, 4.69) is 43.2 Å².